The van der Waals surface area contributed by atoms with Crippen molar-refractivity contribution < 1.29 is 9.90 Å². The largest absolute Gasteiger partial charge is 0.395 e. The molecule has 23 heavy (non-hydrogen) atoms. The molecule has 2 N–H and O–H groups in total. The zero-order chi connectivity index (χ0) is 16.7. The summed E-state index contributed by atoms with van der Waals surface area (Å²) in [4.78, 5) is 16.6. The molecule has 1 aromatic carbocycles. The predicted molar refractivity (Wildman–Crippen MR) is 92.2 cm³/mol. The first kappa shape index (κ1) is 17.8. The van der Waals surface area contributed by atoms with E-state index in [1.54, 1.807) is 4.90 Å². The Morgan fingerprint density at radius 2 is 2.17 bits per heavy atom. The van der Waals surface area contributed by atoms with Gasteiger partial charge in [0.25, 0.3) is 0 Å². The van der Waals surface area contributed by atoms with E-state index in [9.17, 15) is 4.79 Å². The highest BCUT2D eigenvalue weighted by Crippen LogP contribution is 2.14. The summed E-state index contributed by atoms with van der Waals surface area (Å²) in [6, 6.07) is 10.7. The summed E-state index contributed by atoms with van der Waals surface area (Å²) in [7, 11) is 0. The number of nitrogens with zero attached hydrogens (tertiary/aromatic N) is 2. The van der Waals surface area contributed by atoms with Crippen LogP contribution in [0.1, 0.15) is 32.3 Å². The fourth-order valence-electron chi connectivity index (χ4n) is 3.04. The Bertz CT molecular complexity index is 480. The summed E-state index contributed by atoms with van der Waals surface area (Å²) in [5.41, 5.74) is 1.31. The Labute approximate surface area is 139 Å². The smallest absolute Gasteiger partial charge is 0.317 e. The van der Waals surface area contributed by atoms with Crippen molar-refractivity contribution in [1.29, 1.82) is 0 Å². The highest BCUT2D eigenvalue weighted by Gasteiger charge is 2.26. The van der Waals surface area contributed by atoms with Crippen molar-refractivity contribution in [2.24, 2.45) is 0 Å². The highest BCUT2D eigenvalue weighted by molar-refractivity contribution is 5.75. The first-order valence-corrected chi connectivity index (χ1v) is 8.58. The second-order valence-corrected chi connectivity index (χ2v) is 6.33. The molecule has 128 valence electrons. The molecule has 5 nitrogen and oxygen atoms in total. The lowest BCUT2D eigenvalue weighted by Gasteiger charge is -2.29. The maximum Gasteiger partial charge on any atom is 0.317 e. The van der Waals surface area contributed by atoms with E-state index in [0.717, 1.165) is 32.5 Å². The number of hydrogen-bond acceptors (Lipinski definition) is 3. The van der Waals surface area contributed by atoms with E-state index in [4.69, 9.17) is 5.11 Å². The predicted octanol–water partition coefficient (Wildman–Crippen LogP) is 2.06. The quantitative estimate of drug-likeness (QED) is 0.809. The van der Waals surface area contributed by atoms with Crippen molar-refractivity contribution in [2.45, 2.75) is 45.3 Å². The zero-order valence-corrected chi connectivity index (χ0v) is 14.2. The van der Waals surface area contributed by atoms with Gasteiger partial charge in [0.1, 0.15) is 0 Å². The van der Waals surface area contributed by atoms with E-state index < -0.39 is 0 Å². The van der Waals surface area contributed by atoms with Crippen LogP contribution in [-0.4, -0.2) is 59.3 Å². The molecule has 1 aliphatic rings. The fraction of sp³-hybridized carbons (Fsp3) is 0.611. The monoisotopic (exact) mass is 319 g/mol. The summed E-state index contributed by atoms with van der Waals surface area (Å²) >= 11 is 0. The second kappa shape index (κ2) is 8.89. The summed E-state index contributed by atoms with van der Waals surface area (Å²) in [6.45, 7) is 7.28. The van der Waals surface area contributed by atoms with Gasteiger partial charge in [-0.05, 0) is 25.3 Å². The number of carbonyl (C=O) groups is 1. The maximum absolute atomic E-state index is 12.4. The van der Waals surface area contributed by atoms with Gasteiger partial charge in [0.2, 0.25) is 0 Å². The Hall–Kier alpha value is -1.59. The van der Waals surface area contributed by atoms with Gasteiger partial charge in [0.15, 0.2) is 0 Å². The molecule has 0 radical (unpaired) electrons. The van der Waals surface area contributed by atoms with Crippen LogP contribution in [0.15, 0.2) is 30.3 Å². The molecule has 0 aliphatic carbocycles. The van der Waals surface area contributed by atoms with Crippen LogP contribution in [0.2, 0.25) is 0 Å². The number of benzene rings is 1. The summed E-state index contributed by atoms with van der Waals surface area (Å²) in [5.74, 6) is 0. The van der Waals surface area contributed by atoms with Gasteiger partial charge >= 0.3 is 6.03 Å². The number of nitrogens with one attached hydrogen (secondary N) is 1. The van der Waals surface area contributed by atoms with E-state index in [2.05, 4.69) is 41.4 Å². The molecular weight excluding hydrogens is 290 g/mol. The third-order valence-corrected chi connectivity index (χ3v) is 4.57. The standard InChI is InChI=1S/C18H29N3O2/c1-3-15(2)21(11-12-22)18(23)19-17-9-10-20(14-17)13-16-7-5-4-6-8-16/h4-8,15,17,22H,3,9-14H2,1-2H3,(H,19,23)/t15-,17-/m1/s1. The lowest BCUT2D eigenvalue weighted by atomic mass is 10.2. The third-order valence-electron chi connectivity index (χ3n) is 4.57. The lowest BCUT2D eigenvalue weighted by molar-refractivity contribution is 0.152. The van der Waals surface area contributed by atoms with Crippen LogP contribution in [0.3, 0.4) is 0 Å². The Balaban J connectivity index is 1.83. The van der Waals surface area contributed by atoms with Gasteiger partial charge in [0.05, 0.1) is 6.61 Å². The number of likely N-dealkylation sites (tertiary alicyclic amines) is 1. The van der Waals surface area contributed by atoms with Crippen LogP contribution in [0.25, 0.3) is 0 Å². The molecule has 2 amide bonds. The average molecular weight is 319 g/mol. The van der Waals surface area contributed by atoms with Crippen molar-refractivity contribution in [3.63, 3.8) is 0 Å². The van der Waals surface area contributed by atoms with Crippen LogP contribution in [0.5, 0.6) is 0 Å². The Kier molecular flexibility index (Phi) is 6.86. The first-order valence-electron chi connectivity index (χ1n) is 8.58. The third kappa shape index (κ3) is 5.22. The topological polar surface area (TPSA) is 55.8 Å². The molecule has 1 aromatic rings. The van der Waals surface area contributed by atoms with Crippen LogP contribution in [0, 0.1) is 0 Å². The molecule has 1 saturated heterocycles. The molecule has 5 heteroatoms. The molecule has 0 saturated carbocycles. The molecule has 1 fully saturated rings. The van der Waals surface area contributed by atoms with Gasteiger partial charge in [-0.25, -0.2) is 4.79 Å². The van der Waals surface area contributed by atoms with E-state index >= 15 is 0 Å². The van der Waals surface area contributed by atoms with Crippen LogP contribution >= 0.6 is 0 Å². The van der Waals surface area contributed by atoms with Gasteiger partial charge in [0, 0.05) is 38.3 Å². The van der Waals surface area contributed by atoms with Crippen molar-refractivity contribution in [3.05, 3.63) is 35.9 Å². The van der Waals surface area contributed by atoms with Crippen LogP contribution in [0.4, 0.5) is 4.79 Å². The number of hydrogen-bond donors (Lipinski definition) is 2. The highest BCUT2D eigenvalue weighted by atomic mass is 16.3. The van der Waals surface area contributed by atoms with Crippen molar-refractivity contribution in [3.8, 4) is 0 Å². The zero-order valence-electron chi connectivity index (χ0n) is 14.2. The van der Waals surface area contributed by atoms with Crippen LogP contribution < -0.4 is 5.32 Å². The molecule has 2 rings (SSSR count). The molecular formula is C18H29N3O2. The van der Waals surface area contributed by atoms with Gasteiger partial charge in [-0.15, -0.1) is 0 Å². The average Bonchev–Trinajstić information content (AvgIpc) is 2.99. The number of amides is 2. The van der Waals surface area contributed by atoms with Crippen molar-refractivity contribution in [1.82, 2.24) is 15.1 Å². The summed E-state index contributed by atoms with van der Waals surface area (Å²) < 4.78 is 0. The SMILES string of the molecule is CC[C@@H](C)N(CCO)C(=O)N[C@@H]1CCN(Cc2ccccc2)C1. The number of aliphatic hydroxyl groups excluding tert-OH is 1. The number of urea groups is 1. The molecule has 1 aliphatic heterocycles. The number of carbonyl (C=O) groups excluding carboxylic acids is 1. The van der Waals surface area contributed by atoms with Crippen LogP contribution in [-0.2, 0) is 6.54 Å². The second-order valence-electron chi connectivity index (χ2n) is 6.33. The minimum absolute atomic E-state index is 0.00254. The number of rotatable bonds is 7. The number of aliphatic hydroxyl groups is 1. The summed E-state index contributed by atoms with van der Waals surface area (Å²) in [5, 5.41) is 12.3. The normalized spacial score (nSPS) is 19.5. The Morgan fingerprint density at radius 3 is 2.83 bits per heavy atom. The molecule has 0 unspecified atom stereocenters. The van der Waals surface area contributed by atoms with E-state index in [0.29, 0.717) is 6.54 Å². The van der Waals surface area contributed by atoms with Gasteiger partial charge in [-0.2, -0.15) is 0 Å². The van der Waals surface area contributed by atoms with E-state index in [1.807, 2.05) is 13.0 Å². The minimum atomic E-state index is -0.0556. The lowest BCUT2D eigenvalue weighted by Crippen LogP contribution is -2.50. The van der Waals surface area contributed by atoms with Crippen molar-refractivity contribution >= 4 is 6.03 Å². The van der Waals surface area contributed by atoms with Gasteiger partial charge in [-0.3, -0.25) is 4.90 Å². The molecule has 1 heterocycles. The first-order chi connectivity index (χ1) is 11.1. The van der Waals surface area contributed by atoms with Gasteiger partial charge < -0.3 is 15.3 Å². The maximum atomic E-state index is 12.4. The summed E-state index contributed by atoms with van der Waals surface area (Å²) in [6.07, 6.45) is 1.87. The van der Waals surface area contributed by atoms with E-state index in [-0.39, 0.29) is 24.7 Å². The molecule has 0 spiro atoms. The van der Waals surface area contributed by atoms with Crippen molar-refractivity contribution in [2.75, 3.05) is 26.2 Å². The minimum Gasteiger partial charge on any atom is -0.395 e. The fourth-order valence-corrected chi connectivity index (χ4v) is 3.04. The van der Waals surface area contributed by atoms with Gasteiger partial charge in [-0.1, -0.05) is 37.3 Å². The molecule has 0 bridgehead atoms. The van der Waals surface area contributed by atoms with E-state index in [1.165, 1.54) is 5.56 Å². The molecule has 2 atom stereocenters. The Morgan fingerprint density at radius 1 is 1.43 bits per heavy atom. The molecule has 0 aromatic heterocycles.